The van der Waals surface area contributed by atoms with E-state index in [1.54, 1.807) is 40.1 Å². The zero-order valence-corrected chi connectivity index (χ0v) is 30.8. The molecule has 5 atom stereocenters. The Hall–Kier alpha value is -4.05. The molecule has 6 rings (SSSR count). The van der Waals surface area contributed by atoms with Gasteiger partial charge in [-0.15, -0.1) is 0 Å². The monoisotopic (exact) mass is 743 g/mol. The number of thioether (sulfide) groups is 1. The van der Waals surface area contributed by atoms with Crippen molar-refractivity contribution in [1.82, 2.24) is 25.2 Å². The highest BCUT2D eigenvalue weighted by molar-refractivity contribution is 7.99. The van der Waals surface area contributed by atoms with Crippen molar-refractivity contribution in [2.24, 2.45) is 5.92 Å². The Bertz CT molecular complexity index is 1830. The number of carbonyl (C=O) groups excluding carboxylic acids is 4. The zero-order valence-electron chi connectivity index (χ0n) is 29.2. The van der Waals surface area contributed by atoms with Gasteiger partial charge in [-0.05, 0) is 88.3 Å². The van der Waals surface area contributed by atoms with Gasteiger partial charge in [-0.3, -0.25) is 19.1 Å². The van der Waals surface area contributed by atoms with Gasteiger partial charge in [-0.2, -0.15) is 11.8 Å². The molecule has 14 nitrogen and oxygen atoms in total. The molecule has 4 unspecified atom stereocenters. The first-order chi connectivity index (χ1) is 24.2. The van der Waals surface area contributed by atoms with Crippen LogP contribution in [0.25, 0.3) is 10.8 Å². The summed E-state index contributed by atoms with van der Waals surface area (Å²) in [7, 11) is -2.31. The molecule has 4 aliphatic rings. The Labute approximate surface area is 301 Å². The van der Waals surface area contributed by atoms with Crippen molar-refractivity contribution in [3.05, 3.63) is 42.6 Å². The number of methoxy groups -OCH3 is 1. The van der Waals surface area contributed by atoms with Crippen molar-refractivity contribution in [3.8, 4) is 11.6 Å². The summed E-state index contributed by atoms with van der Waals surface area (Å²) in [5.41, 5.74) is -2.30. The van der Waals surface area contributed by atoms with Gasteiger partial charge in [0.1, 0.15) is 35.1 Å². The number of pyridine rings is 1. The van der Waals surface area contributed by atoms with E-state index in [-0.39, 0.29) is 25.1 Å². The number of hydrogen-bond donors (Lipinski definition) is 3. The number of carbonyl (C=O) groups is 4. The highest BCUT2D eigenvalue weighted by Gasteiger charge is 2.62. The van der Waals surface area contributed by atoms with Gasteiger partial charge in [-0.25, -0.2) is 18.2 Å². The van der Waals surface area contributed by atoms with E-state index in [2.05, 4.69) is 20.3 Å². The topological polar surface area (TPSA) is 182 Å². The van der Waals surface area contributed by atoms with E-state index in [0.29, 0.717) is 42.0 Å². The standard InChI is InChI=1S/C35H45N5O9S2/c1-34(2,3)49-33(44)37-27-20-50-15-7-5-6-8-22-18-35(22,32(43)39-51(45,46)25-10-11-25)38-29(41)28-17-24(19-40(28)31(27)42)48-30-26-12-9-23(47-4)16-21(26)13-14-36-30/h6,8-9,12-14,16,22,24-25,27-28H,5,7,10-11,15,17-20H2,1-4H3,(H,37,44)(H,38,41)(H,39,43)/b8-6+/t22?,24-,27?,28?,35?/m0/s1. The molecule has 4 amide bonds. The summed E-state index contributed by atoms with van der Waals surface area (Å²) in [5.74, 6) is -0.466. The molecular weight excluding hydrogens is 699 g/mol. The van der Waals surface area contributed by atoms with Gasteiger partial charge >= 0.3 is 6.09 Å². The number of nitrogens with zero attached hydrogens (tertiary/aromatic N) is 2. The van der Waals surface area contributed by atoms with E-state index in [1.807, 2.05) is 30.4 Å². The van der Waals surface area contributed by atoms with Crippen LogP contribution in [0.4, 0.5) is 4.79 Å². The second-order valence-electron chi connectivity index (χ2n) is 14.5. The maximum Gasteiger partial charge on any atom is 0.408 e. The molecule has 0 radical (unpaired) electrons. The Kier molecular flexibility index (Phi) is 10.5. The van der Waals surface area contributed by atoms with Crippen molar-refractivity contribution in [2.75, 3.05) is 25.2 Å². The van der Waals surface area contributed by atoms with Crippen molar-refractivity contribution >= 4 is 56.4 Å². The van der Waals surface area contributed by atoms with Gasteiger partial charge in [-0.1, -0.05) is 12.2 Å². The molecule has 2 aliphatic heterocycles. The summed E-state index contributed by atoms with van der Waals surface area (Å²) in [6.45, 7) is 5.15. The van der Waals surface area contributed by atoms with Crippen LogP contribution in [-0.4, -0.2) is 102 Å². The normalized spacial score (nSPS) is 27.9. The van der Waals surface area contributed by atoms with Gasteiger partial charge in [0.25, 0.3) is 5.91 Å². The number of ether oxygens (including phenoxy) is 3. The number of fused-ring (bicyclic) bond motifs is 3. The van der Waals surface area contributed by atoms with Crippen LogP contribution in [0.1, 0.15) is 59.3 Å². The summed E-state index contributed by atoms with van der Waals surface area (Å²) >= 11 is 1.50. The molecule has 1 aromatic carbocycles. The fourth-order valence-electron chi connectivity index (χ4n) is 6.44. The molecule has 0 spiro atoms. The molecule has 0 bridgehead atoms. The summed E-state index contributed by atoms with van der Waals surface area (Å²) in [4.78, 5) is 61.0. The minimum atomic E-state index is -3.88. The average molecular weight is 744 g/mol. The molecule has 3 fully saturated rings. The second kappa shape index (κ2) is 14.5. The van der Waals surface area contributed by atoms with Crippen molar-refractivity contribution in [3.63, 3.8) is 0 Å². The Balaban J connectivity index is 1.30. The van der Waals surface area contributed by atoms with Crippen LogP contribution >= 0.6 is 11.8 Å². The van der Waals surface area contributed by atoms with E-state index in [1.165, 1.54) is 16.7 Å². The Morgan fingerprint density at radius 1 is 1.16 bits per heavy atom. The number of rotatable bonds is 7. The molecular formula is C35H45N5O9S2. The molecule has 3 heterocycles. The Morgan fingerprint density at radius 2 is 1.94 bits per heavy atom. The van der Waals surface area contributed by atoms with Crippen molar-refractivity contribution < 1.29 is 41.8 Å². The van der Waals surface area contributed by atoms with Crippen LogP contribution in [0, 0.1) is 5.92 Å². The number of hydrogen-bond acceptors (Lipinski definition) is 11. The van der Waals surface area contributed by atoms with E-state index in [9.17, 15) is 27.6 Å². The molecule has 2 saturated carbocycles. The van der Waals surface area contributed by atoms with Gasteiger partial charge in [0.05, 0.1) is 18.9 Å². The van der Waals surface area contributed by atoms with Crippen LogP contribution in [0.15, 0.2) is 42.6 Å². The van der Waals surface area contributed by atoms with Gasteiger partial charge in [0.15, 0.2) is 0 Å². The zero-order chi connectivity index (χ0) is 36.6. The smallest absolute Gasteiger partial charge is 0.408 e. The maximum atomic E-state index is 14.4. The van der Waals surface area contributed by atoms with Crippen LogP contribution in [0.3, 0.4) is 0 Å². The number of sulfonamides is 1. The van der Waals surface area contributed by atoms with E-state index in [4.69, 9.17) is 14.2 Å². The van der Waals surface area contributed by atoms with Crippen molar-refractivity contribution in [2.45, 2.75) is 93.9 Å². The number of alkyl carbamates (subject to hydrolysis) is 1. The van der Waals surface area contributed by atoms with Gasteiger partial charge < -0.3 is 29.7 Å². The average Bonchev–Trinajstić information content (AvgIpc) is 3.99. The second-order valence-corrected chi connectivity index (χ2v) is 17.6. The summed E-state index contributed by atoms with van der Waals surface area (Å²) in [6, 6.07) is 5.13. The van der Waals surface area contributed by atoms with E-state index < -0.39 is 74.3 Å². The first-order valence-corrected chi connectivity index (χ1v) is 19.9. The third kappa shape index (κ3) is 8.54. The molecule has 2 aromatic rings. The summed E-state index contributed by atoms with van der Waals surface area (Å²) in [6.07, 6.45) is 6.58. The van der Waals surface area contributed by atoms with Crippen LogP contribution in [0.2, 0.25) is 0 Å². The van der Waals surface area contributed by atoms with Crippen LogP contribution in [-0.2, 0) is 29.1 Å². The molecule has 1 saturated heterocycles. The first kappa shape index (κ1) is 36.7. The van der Waals surface area contributed by atoms with Crippen LogP contribution in [0.5, 0.6) is 11.6 Å². The lowest BCUT2D eigenvalue weighted by atomic mass is 10.1. The number of nitrogens with one attached hydrogen (secondary N) is 3. The van der Waals surface area contributed by atoms with E-state index in [0.717, 1.165) is 11.8 Å². The maximum absolute atomic E-state index is 14.4. The highest BCUT2D eigenvalue weighted by atomic mass is 32.2. The fourth-order valence-corrected chi connectivity index (χ4v) is 8.80. The number of amides is 4. The molecule has 276 valence electrons. The number of allylic oxidation sites excluding steroid dienone is 1. The quantitative estimate of drug-likeness (QED) is 0.355. The molecule has 51 heavy (non-hydrogen) atoms. The first-order valence-electron chi connectivity index (χ1n) is 17.2. The number of benzene rings is 1. The minimum Gasteiger partial charge on any atom is -0.497 e. The largest absolute Gasteiger partial charge is 0.497 e. The summed E-state index contributed by atoms with van der Waals surface area (Å²) in [5, 5.41) is 6.48. The SMILES string of the molecule is COc1ccc2c(O[C@H]3CC4C(=O)NC5(C(=O)NS(=O)(=O)C6CC6)CC5/C=C/CCCSCC(NC(=O)OC(C)(C)C)C(=O)N4C3)nccc2c1. The van der Waals surface area contributed by atoms with E-state index >= 15 is 0 Å². The lowest BCUT2D eigenvalue weighted by Gasteiger charge is -2.30. The van der Waals surface area contributed by atoms with Crippen molar-refractivity contribution in [1.29, 1.82) is 0 Å². The Morgan fingerprint density at radius 3 is 2.67 bits per heavy atom. The van der Waals surface area contributed by atoms with Gasteiger partial charge in [0.2, 0.25) is 27.7 Å². The lowest BCUT2D eigenvalue weighted by Crippen LogP contribution is -2.58. The predicted molar refractivity (Wildman–Crippen MR) is 191 cm³/mol. The molecule has 16 heteroatoms. The minimum absolute atomic E-state index is 0.0130. The number of aromatic nitrogens is 1. The fraction of sp³-hybridized carbons (Fsp3) is 0.571. The summed E-state index contributed by atoms with van der Waals surface area (Å²) < 4.78 is 45.0. The lowest BCUT2D eigenvalue weighted by molar-refractivity contribution is -0.140. The third-order valence-corrected chi connectivity index (χ3v) is 12.3. The molecule has 1 aromatic heterocycles. The van der Waals surface area contributed by atoms with Gasteiger partial charge in [0, 0.05) is 29.7 Å². The molecule has 2 aliphatic carbocycles. The highest BCUT2D eigenvalue weighted by Crippen LogP contribution is 2.46. The predicted octanol–water partition coefficient (Wildman–Crippen LogP) is 3.05. The third-order valence-electron chi connectivity index (χ3n) is 9.33. The molecule has 3 N–H and O–H groups in total. The van der Waals surface area contributed by atoms with Crippen LogP contribution < -0.4 is 24.8 Å².